The van der Waals surface area contributed by atoms with Crippen LogP contribution >= 0.6 is 27.5 Å². The van der Waals surface area contributed by atoms with Gasteiger partial charge in [-0.15, -0.1) is 0 Å². The number of nitrogens with zero attached hydrogens (tertiary/aromatic N) is 2. The van der Waals surface area contributed by atoms with Gasteiger partial charge in [0.1, 0.15) is 5.52 Å². The molecule has 0 radical (unpaired) electrons. The number of hydrogen-bond acceptors (Lipinski definition) is 3. The summed E-state index contributed by atoms with van der Waals surface area (Å²) in [5, 5.41) is 0.481. The zero-order chi connectivity index (χ0) is 11.3. The van der Waals surface area contributed by atoms with Gasteiger partial charge in [-0.05, 0) is 28.1 Å². The fourth-order valence-corrected chi connectivity index (χ4v) is 2.01. The van der Waals surface area contributed by atoms with Crippen molar-refractivity contribution in [3.8, 4) is 0 Å². The second-order valence-corrected chi connectivity index (χ2v) is 4.46. The van der Waals surface area contributed by atoms with Gasteiger partial charge in [-0.2, -0.15) is 0 Å². The van der Waals surface area contributed by atoms with E-state index in [0.29, 0.717) is 27.4 Å². The Kier molecular flexibility index (Phi) is 2.02. The first kappa shape index (κ1) is 9.80. The number of H-pyrrole nitrogens is 2. The van der Waals surface area contributed by atoms with Crippen LogP contribution in [0.1, 0.15) is 0 Å². The maximum atomic E-state index is 11.1. The van der Waals surface area contributed by atoms with E-state index in [9.17, 15) is 4.79 Å². The maximum absolute atomic E-state index is 11.1. The van der Waals surface area contributed by atoms with Crippen molar-refractivity contribution in [3.05, 3.63) is 32.1 Å². The zero-order valence-electron chi connectivity index (χ0n) is 7.71. The summed E-state index contributed by atoms with van der Waals surface area (Å²) in [5.41, 5.74) is 1.68. The van der Waals surface area contributed by atoms with Crippen LogP contribution in [0.2, 0.25) is 5.02 Å². The van der Waals surface area contributed by atoms with E-state index in [2.05, 4.69) is 35.9 Å². The van der Waals surface area contributed by atoms with Crippen molar-refractivity contribution in [1.29, 1.82) is 0 Å². The number of nitrogens with one attached hydrogen (secondary N) is 2. The van der Waals surface area contributed by atoms with E-state index in [4.69, 9.17) is 11.6 Å². The van der Waals surface area contributed by atoms with E-state index in [1.807, 2.05) is 0 Å². The molecule has 2 aromatic heterocycles. The molecule has 0 saturated heterocycles. The summed E-state index contributed by atoms with van der Waals surface area (Å²) in [6.45, 7) is 0. The summed E-state index contributed by atoms with van der Waals surface area (Å²) in [5.74, 6) is 0. The smallest absolute Gasteiger partial charge is 0.289 e. The lowest BCUT2D eigenvalue weighted by atomic mass is 10.3. The normalized spacial score (nSPS) is 11.4. The summed E-state index contributed by atoms with van der Waals surface area (Å²) >= 11 is 9.39. The molecule has 0 atom stereocenters. The zero-order valence-corrected chi connectivity index (χ0v) is 10.1. The number of fused-ring (bicyclic) bond motifs is 2. The van der Waals surface area contributed by atoms with Crippen LogP contribution in [-0.4, -0.2) is 19.9 Å². The van der Waals surface area contributed by atoms with Crippen LogP contribution in [0.5, 0.6) is 0 Å². The molecule has 16 heavy (non-hydrogen) atoms. The number of aromatic nitrogens is 4. The van der Waals surface area contributed by atoms with Crippen LogP contribution in [-0.2, 0) is 0 Å². The third-order valence-corrected chi connectivity index (χ3v) is 3.46. The first-order chi connectivity index (χ1) is 7.65. The molecule has 0 aliphatic heterocycles. The first-order valence-corrected chi connectivity index (χ1v) is 5.56. The number of halogens is 2. The molecule has 0 fully saturated rings. The topological polar surface area (TPSA) is 74.4 Å². The molecule has 1 aromatic carbocycles. The maximum Gasteiger partial charge on any atom is 0.326 e. The van der Waals surface area contributed by atoms with Gasteiger partial charge in [0.05, 0.1) is 10.5 Å². The molecule has 2 N–H and O–H groups in total. The van der Waals surface area contributed by atoms with Crippen molar-refractivity contribution in [1.82, 2.24) is 19.9 Å². The minimum absolute atomic E-state index is 0.333. The lowest BCUT2D eigenvalue weighted by Gasteiger charge is -2.00. The highest BCUT2D eigenvalue weighted by Crippen LogP contribution is 2.29. The van der Waals surface area contributed by atoms with Crippen molar-refractivity contribution in [2.75, 3.05) is 0 Å². The van der Waals surface area contributed by atoms with Crippen LogP contribution in [0.25, 0.3) is 22.3 Å². The minimum atomic E-state index is -0.333. The SMILES string of the molecule is O=c1[nH]c2nc3ccc(Br)c(Cl)c3nc2[nH]1. The number of hydrogen-bond donors (Lipinski definition) is 2. The van der Waals surface area contributed by atoms with Gasteiger partial charge in [0, 0.05) is 4.47 Å². The van der Waals surface area contributed by atoms with Gasteiger partial charge < -0.3 is 0 Å². The van der Waals surface area contributed by atoms with Crippen LogP contribution in [0, 0.1) is 0 Å². The molecule has 0 aliphatic carbocycles. The van der Waals surface area contributed by atoms with Gasteiger partial charge in [-0.3, -0.25) is 9.97 Å². The monoisotopic (exact) mass is 298 g/mol. The van der Waals surface area contributed by atoms with Crippen LogP contribution in [0.15, 0.2) is 21.4 Å². The highest BCUT2D eigenvalue weighted by molar-refractivity contribution is 9.10. The largest absolute Gasteiger partial charge is 0.326 e. The van der Waals surface area contributed by atoms with Gasteiger partial charge >= 0.3 is 5.69 Å². The summed E-state index contributed by atoms with van der Waals surface area (Å²) in [4.78, 5) is 24.7. The van der Waals surface area contributed by atoms with Gasteiger partial charge in [-0.1, -0.05) is 11.6 Å². The Bertz CT molecular complexity index is 763. The number of benzene rings is 1. The van der Waals surface area contributed by atoms with Crippen LogP contribution in [0.4, 0.5) is 0 Å². The molecule has 0 spiro atoms. The number of imidazole rings is 1. The van der Waals surface area contributed by atoms with Crippen LogP contribution in [0.3, 0.4) is 0 Å². The third kappa shape index (κ3) is 1.34. The Morgan fingerprint density at radius 3 is 2.62 bits per heavy atom. The molecule has 0 amide bonds. The molecule has 2 heterocycles. The summed E-state index contributed by atoms with van der Waals surface area (Å²) in [7, 11) is 0. The minimum Gasteiger partial charge on any atom is -0.289 e. The second kappa shape index (κ2) is 3.29. The average Bonchev–Trinajstić information content (AvgIpc) is 2.61. The number of rotatable bonds is 0. The van der Waals surface area contributed by atoms with Crippen molar-refractivity contribution in [3.63, 3.8) is 0 Å². The Hall–Kier alpha value is -1.40. The predicted octanol–water partition coefficient (Wildman–Crippen LogP) is 2.22. The van der Waals surface area contributed by atoms with E-state index < -0.39 is 0 Å². The quantitative estimate of drug-likeness (QED) is 0.668. The van der Waals surface area contributed by atoms with Gasteiger partial charge in [-0.25, -0.2) is 14.8 Å². The molecule has 3 rings (SSSR count). The fraction of sp³-hybridized carbons (Fsp3) is 0. The molecule has 0 saturated carbocycles. The van der Waals surface area contributed by atoms with Crippen molar-refractivity contribution >= 4 is 49.9 Å². The molecule has 0 aliphatic rings. The highest BCUT2D eigenvalue weighted by atomic mass is 79.9. The molecule has 5 nitrogen and oxygen atoms in total. The molecule has 7 heteroatoms. The Morgan fingerprint density at radius 2 is 1.88 bits per heavy atom. The molecule has 3 aromatic rings. The third-order valence-electron chi connectivity index (χ3n) is 2.19. The van der Waals surface area contributed by atoms with Gasteiger partial charge in [0.25, 0.3) is 0 Å². The summed E-state index contributed by atoms with van der Waals surface area (Å²) in [6.07, 6.45) is 0. The lowest BCUT2D eigenvalue weighted by Crippen LogP contribution is -1.99. The first-order valence-electron chi connectivity index (χ1n) is 4.39. The van der Waals surface area contributed by atoms with Gasteiger partial charge in [0.15, 0.2) is 11.3 Å². The summed E-state index contributed by atoms with van der Waals surface area (Å²) in [6, 6.07) is 3.57. The molecule has 0 unspecified atom stereocenters. The summed E-state index contributed by atoms with van der Waals surface area (Å²) < 4.78 is 0.744. The fourth-order valence-electron chi connectivity index (χ4n) is 1.49. The Labute approximate surface area is 102 Å². The van der Waals surface area contributed by atoms with E-state index in [0.717, 1.165) is 4.47 Å². The van der Waals surface area contributed by atoms with Crippen LogP contribution < -0.4 is 5.69 Å². The Morgan fingerprint density at radius 1 is 1.19 bits per heavy atom. The number of aromatic amines is 2. The van der Waals surface area contributed by atoms with E-state index in [-0.39, 0.29) is 5.69 Å². The van der Waals surface area contributed by atoms with Crippen molar-refractivity contribution in [2.24, 2.45) is 0 Å². The highest BCUT2D eigenvalue weighted by Gasteiger charge is 2.09. The lowest BCUT2D eigenvalue weighted by molar-refractivity contribution is 1.20. The standard InChI is InChI=1S/C9H4BrClN4O/c10-3-1-2-4-6(5(3)11)13-8-7(12-4)14-9(16)15-8/h1-2H,(H2,12,13,14,15,16). The Balaban J connectivity index is 2.55. The molecular weight excluding hydrogens is 295 g/mol. The molecular formula is C9H4BrClN4O. The molecule has 0 bridgehead atoms. The van der Waals surface area contributed by atoms with E-state index >= 15 is 0 Å². The average molecular weight is 300 g/mol. The predicted molar refractivity (Wildman–Crippen MR) is 64.7 cm³/mol. The van der Waals surface area contributed by atoms with Crippen molar-refractivity contribution in [2.45, 2.75) is 0 Å². The second-order valence-electron chi connectivity index (χ2n) is 3.23. The molecule has 80 valence electrons. The van der Waals surface area contributed by atoms with E-state index in [1.54, 1.807) is 12.1 Å². The van der Waals surface area contributed by atoms with Crippen molar-refractivity contribution < 1.29 is 0 Å². The van der Waals surface area contributed by atoms with Gasteiger partial charge in [0.2, 0.25) is 0 Å². The van der Waals surface area contributed by atoms with E-state index in [1.165, 1.54) is 0 Å².